The topological polar surface area (TPSA) is 32.3 Å². The average Bonchev–Trinajstić information content (AvgIpc) is 2.53. The Morgan fingerprint density at radius 2 is 2.00 bits per heavy atom. The highest BCUT2D eigenvalue weighted by Crippen LogP contribution is 2.23. The predicted molar refractivity (Wildman–Crippen MR) is 52.5 cm³/mol. The molecule has 0 aliphatic carbocycles. The van der Waals surface area contributed by atoms with Crippen LogP contribution < -0.4 is 5.32 Å². The van der Waals surface area contributed by atoms with Crippen LogP contribution in [0.5, 0.6) is 0 Å². The highest BCUT2D eigenvalue weighted by Gasteiger charge is 2.25. The van der Waals surface area contributed by atoms with Gasteiger partial charge in [0.2, 0.25) is 0 Å². The van der Waals surface area contributed by atoms with Crippen LogP contribution in [0.3, 0.4) is 0 Å². The molecule has 0 bridgehead atoms. The summed E-state index contributed by atoms with van der Waals surface area (Å²) < 4.78 is 0. The van der Waals surface area contributed by atoms with Gasteiger partial charge in [-0.15, -0.1) is 0 Å². The summed E-state index contributed by atoms with van der Waals surface area (Å²) in [6.07, 6.45) is 0.640. The van der Waals surface area contributed by atoms with Crippen molar-refractivity contribution in [2.75, 3.05) is 6.54 Å². The van der Waals surface area contributed by atoms with Crippen molar-refractivity contribution in [3.8, 4) is 0 Å². The first-order chi connectivity index (χ1) is 6.27. The zero-order chi connectivity index (χ0) is 9.26. The quantitative estimate of drug-likeness (QED) is 0.679. The minimum Gasteiger partial charge on any atom is -0.391 e. The van der Waals surface area contributed by atoms with Crippen molar-refractivity contribution in [2.45, 2.75) is 25.5 Å². The van der Waals surface area contributed by atoms with Gasteiger partial charge in [-0.1, -0.05) is 29.8 Å². The summed E-state index contributed by atoms with van der Waals surface area (Å²) in [5.41, 5.74) is 2.45. The van der Waals surface area contributed by atoms with Gasteiger partial charge in [0.1, 0.15) is 0 Å². The van der Waals surface area contributed by atoms with Gasteiger partial charge in [-0.2, -0.15) is 0 Å². The summed E-state index contributed by atoms with van der Waals surface area (Å²) in [5, 5.41) is 12.9. The molecule has 70 valence electrons. The third-order valence-electron chi connectivity index (χ3n) is 2.63. The largest absolute Gasteiger partial charge is 0.391 e. The first-order valence-corrected chi connectivity index (χ1v) is 4.75. The summed E-state index contributed by atoms with van der Waals surface area (Å²) in [6, 6.07) is 8.48. The summed E-state index contributed by atoms with van der Waals surface area (Å²) in [7, 11) is 0. The Labute approximate surface area is 78.6 Å². The average molecular weight is 177 g/mol. The maximum Gasteiger partial charge on any atom is 0.0747 e. The van der Waals surface area contributed by atoms with Crippen LogP contribution in [0.4, 0.5) is 0 Å². The molecule has 1 aliphatic heterocycles. The normalized spacial score (nSPS) is 27.8. The van der Waals surface area contributed by atoms with Crippen LogP contribution in [0.15, 0.2) is 24.3 Å². The Balaban J connectivity index is 2.20. The maximum absolute atomic E-state index is 9.65. The monoisotopic (exact) mass is 177 g/mol. The second-order valence-corrected chi connectivity index (χ2v) is 3.70. The van der Waals surface area contributed by atoms with Crippen molar-refractivity contribution >= 4 is 0 Å². The molecule has 1 fully saturated rings. The number of aliphatic hydroxyl groups is 1. The number of hydrogen-bond donors (Lipinski definition) is 2. The van der Waals surface area contributed by atoms with Crippen LogP contribution in [-0.2, 0) is 0 Å². The highest BCUT2D eigenvalue weighted by atomic mass is 16.3. The van der Waals surface area contributed by atoms with Gasteiger partial charge in [-0.25, -0.2) is 0 Å². The Hall–Kier alpha value is -0.860. The smallest absolute Gasteiger partial charge is 0.0747 e. The van der Waals surface area contributed by atoms with E-state index in [-0.39, 0.29) is 12.1 Å². The van der Waals surface area contributed by atoms with Gasteiger partial charge in [0, 0.05) is 0 Å². The molecule has 1 saturated heterocycles. The molecule has 1 aliphatic rings. The van der Waals surface area contributed by atoms with Gasteiger partial charge in [0.05, 0.1) is 12.1 Å². The molecule has 1 aromatic rings. The zero-order valence-corrected chi connectivity index (χ0v) is 7.83. The van der Waals surface area contributed by atoms with E-state index >= 15 is 0 Å². The van der Waals surface area contributed by atoms with Crippen LogP contribution >= 0.6 is 0 Å². The Bertz CT molecular complexity index is 281. The Morgan fingerprint density at radius 1 is 1.31 bits per heavy atom. The van der Waals surface area contributed by atoms with E-state index in [1.54, 1.807) is 0 Å². The van der Waals surface area contributed by atoms with E-state index in [4.69, 9.17) is 0 Å². The molecular weight excluding hydrogens is 162 g/mol. The highest BCUT2D eigenvalue weighted by molar-refractivity contribution is 5.25. The zero-order valence-electron chi connectivity index (χ0n) is 7.83. The summed E-state index contributed by atoms with van der Waals surface area (Å²) >= 11 is 0. The molecule has 2 heteroatoms. The molecule has 0 radical (unpaired) electrons. The summed E-state index contributed by atoms with van der Waals surface area (Å²) in [5.74, 6) is 0. The van der Waals surface area contributed by atoms with Gasteiger partial charge >= 0.3 is 0 Å². The van der Waals surface area contributed by atoms with E-state index in [0.29, 0.717) is 0 Å². The van der Waals surface area contributed by atoms with E-state index in [1.165, 1.54) is 11.1 Å². The fourth-order valence-corrected chi connectivity index (χ4v) is 1.80. The van der Waals surface area contributed by atoms with Crippen LogP contribution in [0.1, 0.15) is 23.6 Å². The van der Waals surface area contributed by atoms with Gasteiger partial charge < -0.3 is 10.4 Å². The van der Waals surface area contributed by atoms with Crippen molar-refractivity contribution in [3.05, 3.63) is 35.4 Å². The van der Waals surface area contributed by atoms with Gasteiger partial charge in [-0.3, -0.25) is 0 Å². The number of nitrogens with one attached hydrogen (secondary N) is 1. The standard InChI is InChI=1S/C11H15NO/c1-8-2-4-9(5-3-8)11-10(13)6-7-12-11/h2-5,10-13H,6-7H2,1H3/t10-,11+/m1/s1. The summed E-state index contributed by atoms with van der Waals surface area (Å²) in [6.45, 7) is 2.99. The maximum atomic E-state index is 9.65. The second kappa shape index (κ2) is 3.48. The molecule has 1 heterocycles. The van der Waals surface area contributed by atoms with Crippen molar-refractivity contribution in [2.24, 2.45) is 0 Å². The van der Waals surface area contributed by atoms with E-state index in [2.05, 4.69) is 36.5 Å². The SMILES string of the molecule is Cc1ccc([C@@H]2NCC[C@H]2O)cc1. The third-order valence-corrected chi connectivity index (χ3v) is 2.63. The number of aryl methyl sites for hydroxylation is 1. The fraction of sp³-hybridized carbons (Fsp3) is 0.455. The van der Waals surface area contributed by atoms with Crippen molar-refractivity contribution in [1.29, 1.82) is 0 Å². The Morgan fingerprint density at radius 3 is 2.54 bits per heavy atom. The molecule has 2 N–H and O–H groups in total. The number of benzene rings is 1. The van der Waals surface area contributed by atoms with E-state index in [0.717, 1.165) is 13.0 Å². The van der Waals surface area contributed by atoms with Gasteiger partial charge in [0.15, 0.2) is 0 Å². The van der Waals surface area contributed by atoms with Crippen molar-refractivity contribution in [3.63, 3.8) is 0 Å². The molecule has 0 amide bonds. The third kappa shape index (κ3) is 1.74. The van der Waals surface area contributed by atoms with Crippen LogP contribution in [0.2, 0.25) is 0 Å². The fourth-order valence-electron chi connectivity index (χ4n) is 1.80. The number of hydrogen-bond acceptors (Lipinski definition) is 2. The molecule has 2 atom stereocenters. The van der Waals surface area contributed by atoms with Crippen LogP contribution in [0, 0.1) is 6.92 Å². The summed E-state index contributed by atoms with van der Waals surface area (Å²) in [4.78, 5) is 0. The van der Waals surface area contributed by atoms with E-state index in [1.807, 2.05) is 0 Å². The Kier molecular flexibility index (Phi) is 2.34. The molecule has 0 saturated carbocycles. The number of rotatable bonds is 1. The molecule has 2 rings (SSSR count). The predicted octanol–water partition coefficient (Wildman–Crippen LogP) is 1.39. The lowest BCUT2D eigenvalue weighted by Crippen LogP contribution is -2.20. The van der Waals surface area contributed by atoms with Crippen LogP contribution in [0.25, 0.3) is 0 Å². The lowest BCUT2D eigenvalue weighted by atomic mass is 10.0. The molecular formula is C11H15NO. The van der Waals surface area contributed by atoms with Crippen molar-refractivity contribution < 1.29 is 5.11 Å². The molecule has 2 nitrogen and oxygen atoms in total. The molecule has 13 heavy (non-hydrogen) atoms. The van der Waals surface area contributed by atoms with E-state index in [9.17, 15) is 5.11 Å². The molecule has 0 spiro atoms. The number of aliphatic hydroxyl groups excluding tert-OH is 1. The first kappa shape index (κ1) is 8.73. The minimum atomic E-state index is -0.220. The first-order valence-electron chi connectivity index (χ1n) is 4.75. The van der Waals surface area contributed by atoms with E-state index < -0.39 is 0 Å². The second-order valence-electron chi connectivity index (χ2n) is 3.70. The van der Waals surface area contributed by atoms with Crippen LogP contribution in [-0.4, -0.2) is 17.8 Å². The molecule has 1 aromatic carbocycles. The van der Waals surface area contributed by atoms with Crippen molar-refractivity contribution in [1.82, 2.24) is 5.32 Å². The van der Waals surface area contributed by atoms with Gasteiger partial charge in [0.25, 0.3) is 0 Å². The van der Waals surface area contributed by atoms with Gasteiger partial charge in [-0.05, 0) is 25.5 Å². The molecule has 0 aromatic heterocycles. The lowest BCUT2D eigenvalue weighted by molar-refractivity contribution is 0.160. The molecule has 0 unspecified atom stereocenters. The minimum absolute atomic E-state index is 0.139. The lowest BCUT2D eigenvalue weighted by Gasteiger charge is -2.14.